The Hall–Kier alpha value is -3.29. The van der Waals surface area contributed by atoms with Gasteiger partial charge in [0.1, 0.15) is 10.8 Å². The van der Waals surface area contributed by atoms with Gasteiger partial charge in [-0.1, -0.05) is 12.1 Å². The van der Waals surface area contributed by atoms with E-state index >= 15 is 0 Å². The Morgan fingerprint density at radius 2 is 1.90 bits per heavy atom. The van der Waals surface area contributed by atoms with E-state index in [9.17, 15) is 4.79 Å². The summed E-state index contributed by atoms with van der Waals surface area (Å²) in [6.07, 6.45) is 0. The van der Waals surface area contributed by atoms with Gasteiger partial charge in [-0.3, -0.25) is 10.1 Å². The number of ether oxygens (including phenoxy) is 1. The lowest BCUT2D eigenvalue weighted by Crippen LogP contribution is -2.34. The molecule has 1 aromatic heterocycles. The molecule has 0 saturated heterocycles. The lowest BCUT2D eigenvalue weighted by Gasteiger charge is -2.11. The molecule has 4 rings (SSSR count). The average Bonchev–Trinajstić information content (AvgIpc) is 3.18. The van der Waals surface area contributed by atoms with Gasteiger partial charge < -0.3 is 10.1 Å². The molecule has 7 heteroatoms. The van der Waals surface area contributed by atoms with E-state index in [0.717, 1.165) is 21.8 Å². The number of amides is 1. The summed E-state index contributed by atoms with van der Waals surface area (Å²) in [7, 11) is 0. The normalized spacial score (nSPS) is 10.6. The Labute approximate surface area is 190 Å². The number of fused-ring (bicyclic) bond motifs is 1. The van der Waals surface area contributed by atoms with Crippen molar-refractivity contribution in [3.05, 3.63) is 77.9 Å². The Balaban J connectivity index is 1.40. The second-order valence-corrected chi connectivity index (χ2v) is 8.38. The number of hydrogen-bond acceptors (Lipinski definition) is 5. The molecule has 31 heavy (non-hydrogen) atoms. The summed E-state index contributed by atoms with van der Waals surface area (Å²) in [4.78, 5) is 17.2. The van der Waals surface area contributed by atoms with Crippen molar-refractivity contribution in [2.45, 2.75) is 13.8 Å². The fourth-order valence-corrected chi connectivity index (χ4v) is 4.36. The third-order valence-corrected chi connectivity index (χ3v) is 5.84. The van der Waals surface area contributed by atoms with Crippen LogP contribution in [0.3, 0.4) is 0 Å². The van der Waals surface area contributed by atoms with Crippen molar-refractivity contribution < 1.29 is 9.53 Å². The van der Waals surface area contributed by atoms with Crippen LogP contribution in [0, 0.1) is 6.92 Å². The Morgan fingerprint density at radius 1 is 1.10 bits per heavy atom. The van der Waals surface area contributed by atoms with Crippen LogP contribution in [0.4, 0.5) is 5.69 Å². The highest BCUT2D eigenvalue weighted by Crippen LogP contribution is 2.31. The maximum absolute atomic E-state index is 12.4. The molecule has 0 fully saturated rings. The van der Waals surface area contributed by atoms with E-state index in [4.69, 9.17) is 21.9 Å². The molecular weight excluding hydrogens is 426 g/mol. The van der Waals surface area contributed by atoms with Gasteiger partial charge in [0.05, 0.1) is 16.8 Å². The number of hydrogen-bond donors (Lipinski definition) is 2. The average molecular weight is 448 g/mol. The maximum Gasteiger partial charge on any atom is 0.257 e. The second-order valence-electron chi connectivity index (χ2n) is 6.94. The van der Waals surface area contributed by atoms with Gasteiger partial charge in [0.2, 0.25) is 0 Å². The fraction of sp³-hybridized carbons (Fsp3) is 0.125. The van der Waals surface area contributed by atoms with Crippen LogP contribution in [-0.4, -0.2) is 22.6 Å². The zero-order chi connectivity index (χ0) is 21.8. The van der Waals surface area contributed by atoms with Gasteiger partial charge >= 0.3 is 0 Å². The van der Waals surface area contributed by atoms with E-state index in [0.29, 0.717) is 17.9 Å². The molecule has 0 aliphatic rings. The molecule has 1 amide bonds. The van der Waals surface area contributed by atoms with Crippen molar-refractivity contribution in [2.75, 3.05) is 11.9 Å². The van der Waals surface area contributed by atoms with Crippen molar-refractivity contribution in [1.82, 2.24) is 10.3 Å². The van der Waals surface area contributed by atoms with Gasteiger partial charge in [0.15, 0.2) is 5.11 Å². The third kappa shape index (κ3) is 5.07. The van der Waals surface area contributed by atoms with Crippen LogP contribution in [0.25, 0.3) is 20.8 Å². The molecule has 0 radical (unpaired) electrons. The predicted molar refractivity (Wildman–Crippen MR) is 131 cm³/mol. The van der Waals surface area contributed by atoms with Gasteiger partial charge in [0.25, 0.3) is 5.91 Å². The largest absolute Gasteiger partial charge is 0.494 e. The van der Waals surface area contributed by atoms with Crippen LogP contribution < -0.4 is 15.4 Å². The Morgan fingerprint density at radius 3 is 2.68 bits per heavy atom. The zero-order valence-corrected chi connectivity index (χ0v) is 18.8. The molecular formula is C24H21N3O2S2. The van der Waals surface area contributed by atoms with Crippen LogP contribution in [-0.2, 0) is 0 Å². The van der Waals surface area contributed by atoms with Crippen LogP contribution in [0.15, 0.2) is 66.7 Å². The van der Waals surface area contributed by atoms with Crippen LogP contribution in [0.1, 0.15) is 22.8 Å². The van der Waals surface area contributed by atoms with Crippen molar-refractivity contribution >= 4 is 50.5 Å². The van der Waals surface area contributed by atoms with Gasteiger partial charge in [-0.05, 0) is 86.2 Å². The molecule has 0 aliphatic heterocycles. The van der Waals surface area contributed by atoms with E-state index in [2.05, 4.69) is 29.7 Å². The molecule has 0 aliphatic carbocycles. The Kier molecular flexibility index (Phi) is 6.25. The number of thiazole rings is 1. The van der Waals surface area contributed by atoms with Crippen molar-refractivity contribution in [1.29, 1.82) is 0 Å². The predicted octanol–water partition coefficient (Wildman–Crippen LogP) is 5.80. The van der Waals surface area contributed by atoms with Crippen LogP contribution in [0.5, 0.6) is 5.75 Å². The quantitative estimate of drug-likeness (QED) is 0.379. The topological polar surface area (TPSA) is 63.2 Å². The molecule has 5 nitrogen and oxygen atoms in total. The zero-order valence-electron chi connectivity index (χ0n) is 17.1. The fourth-order valence-electron chi connectivity index (χ4n) is 3.08. The summed E-state index contributed by atoms with van der Waals surface area (Å²) in [5.41, 5.74) is 4.53. The minimum atomic E-state index is -0.291. The lowest BCUT2D eigenvalue weighted by atomic mass is 10.2. The second kappa shape index (κ2) is 9.24. The Bertz CT molecular complexity index is 1250. The van der Waals surface area contributed by atoms with Gasteiger partial charge in [-0.15, -0.1) is 11.3 Å². The van der Waals surface area contributed by atoms with E-state index in [1.165, 1.54) is 10.3 Å². The number of nitrogens with one attached hydrogen (secondary N) is 2. The standard InChI is InChI=1S/C24H21N3O2S2/c1-3-29-19-6-4-5-17(14-19)22(28)27-24(30)25-18-10-8-16(9-11-18)23-26-20-12-7-15(2)13-21(20)31-23/h4-14H,3H2,1-2H3,(H2,25,27,28,30). The summed E-state index contributed by atoms with van der Waals surface area (Å²) in [6.45, 7) is 4.52. The highest BCUT2D eigenvalue weighted by atomic mass is 32.1. The maximum atomic E-state index is 12.4. The van der Waals surface area contributed by atoms with Gasteiger partial charge in [-0.25, -0.2) is 4.98 Å². The van der Waals surface area contributed by atoms with Gasteiger partial charge in [0, 0.05) is 16.8 Å². The van der Waals surface area contributed by atoms with Crippen LogP contribution in [0.2, 0.25) is 0 Å². The number of carbonyl (C=O) groups is 1. The van der Waals surface area contributed by atoms with E-state index < -0.39 is 0 Å². The summed E-state index contributed by atoms with van der Waals surface area (Å²) in [5, 5.41) is 6.95. The number of aryl methyl sites for hydroxylation is 1. The van der Waals surface area contributed by atoms with Gasteiger partial charge in [-0.2, -0.15) is 0 Å². The molecule has 4 aromatic rings. The van der Waals surface area contributed by atoms with E-state index in [1.54, 1.807) is 29.5 Å². The highest BCUT2D eigenvalue weighted by molar-refractivity contribution is 7.80. The molecule has 0 bridgehead atoms. The molecule has 0 saturated carbocycles. The van der Waals surface area contributed by atoms with Crippen molar-refractivity contribution in [3.8, 4) is 16.3 Å². The van der Waals surface area contributed by atoms with E-state index in [1.807, 2.05) is 43.3 Å². The first kappa shape index (κ1) is 21.0. The summed E-state index contributed by atoms with van der Waals surface area (Å²) < 4.78 is 6.61. The SMILES string of the molecule is CCOc1cccc(C(=O)NC(=S)Nc2ccc(-c3nc4ccc(C)cc4s3)cc2)c1. The first-order chi connectivity index (χ1) is 15.0. The molecule has 0 unspecified atom stereocenters. The summed E-state index contributed by atoms with van der Waals surface area (Å²) in [6, 6.07) is 21.1. The lowest BCUT2D eigenvalue weighted by molar-refractivity contribution is 0.0977. The molecule has 156 valence electrons. The molecule has 2 N–H and O–H groups in total. The molecule has 3 aromatic carbocycles. The minimum Gasteiger partial charge on any atom is -0.494 e. The number of aromatic nitrogens is 1. The third-order valence-electron chi connectivity index (χ3n) is 4.57. The highest BCUT2D eigenvalue weighted by Gasteiger charge is 2.10. The monoisotopic (exact) mass is 447 g/mol. The van der Waals surface area contributed by atoms with Crippen molar-refractivity contribution in [3.63, 3.8) is 0 Å². The summed E-state index contributed by atoms with van der Waals surface area (Å²) in [5.74, 6) is 0.357. The number of benzene rings is 3. The molecule has 0 atom stereocenters. The van der Waals surface area contributed by atoms with Crippen molar-refractivity contribution in [2.24, 2.45) is 0 Å². The number of carbonyl (C=O) groups excluding carboxylic acids is 1. The molecule has 0 spiro atoms. The smallest absolute Gasteiger partial charge is 0.257 e. The first-order valence-corrected chi connectivity index (χ1v) is 11.1. The summed E-state index contributed by atoms with van der Waals surface area (Å²) >= 11 is 6.96. The van der Waals surface area contributed by atoms with E-state index in [-0.39, 0.29) is 11.0 Å². The number of thiocarbonyl (C=S) groups is 1. The molecule has 1 heterocycles. The van der Waals surface area contributed by atoms with Crippen LogP contribution >= 0.6 is 23.6 Å². The number of rotatable bonds is 5. The number of anilines is 1. The minimum absolute atomic E-state index is 0.232. The first-order valence-electron chi connectivity index (χ1n) is 9.84. The number of nitrogens with zero attached hydrogens (tertiary/aromatic N) is 1.